The number of aromatic nitrogens is 3. The Balaban J connectivity index is 1.67. The van der Waals surface area contributed by atoms with Crippen molar-refractivity contribution in [2.75, 3.05) is 6.54 Å². The van der Waals surface area contributed by atoms with Gasteiger partial charge in [-0.3, -0.25) is 0 Å². The fourth-order valence-corrected chi connectivity index (χ4v) is 4.14. The molecule has 4 nitrogen and oxygen atoms in total. The van der Waals surface area contributed by atoms with Crippen molar-refractivity contribution in [3.05, 3.63) is 81.9 Å². The summed E-state index contributed by atoms with van der Waals surface area (Å²) in [6.45, 7) is 0.508. The van der Waals surface area contributed by atoms with Gasteiger partial charge in [-0.25, -0.2) is 8.78 Å². The Morgan fingerprint density at radius 1 is 1.08 bits per heavy atom. The smallest absolute Gasteiger partial charge is 0.127 e. The standard InChI is InChI=1S/C19H16F2N4/c20-12-3-4-15(21)13(7-12)14-9-23-19-16-11(8-22-18(14)16)2-1-10-5-6-24-25-17(10)19/h3-8,14,19,22-23H,1-2,9H2. The Hall–Kier alpha value is -2.60. The summed E-state index contributed by atoms with van der Waals surface area (Å²) in [5.74, 6) is -1.06. The Morgan fingerprint density at radius 3 is 2.88 bits per heavy atom. The largest absolute Gasteiger partial charge is 0.364 e. The minimum absolute atomic E-state index is 0.0599. The summed E-state index contributed by atoms with van der Waals surface area (Å²) in [5.41, 5.74) is 5.75. The van der Waals surface area contributed by atoms with Crippen LogP contribution in [0.1, 0.15) is 45.6 Å². The van der Waals surface area contributed by atoms with Crippen molar-refractivity contribution < 1.29 is 8.78 Å². The number of hydrogen-bond acceptors (Lipinski definition) is 3. The van der Waals surface area contributed by atoms with E-state index in [9.17, 15) is 8.78 Å². The first-order valence-electron chi connectivity index (χ1n) is 8.41. The van der Waals surface area contributed by atoms with Crippen LogP contribution in [-0.2, 0) is 12.8 Å². The third-order valence-corrected chi connectivity index (χ3v) is 5.31. The average molecular weight is 338 g/mol. The van der Waals surface area contributed by atoms with E-state index >= 15 is 0 Å². The van der Waals surface area contributed by atoms with Gasteiger partial charge >= 0.3 is 0 Å². The second-order valence-electron chi connectivity index (χ2n) is 6.64. The number of nitrogens with zero attached hydrogens (tertiary/aromatic N) is 2. The highest BCUT2D eigenvalue weighted by atomic mass is 19.1. The van der Waals surface area contributed by atoms with Crippen LogP contribution in [0, 0.1) is 11.6 Å². The molecule has 0 amide bonds. The van der Waals surface area contributed by atoms with Crippen molar-refractivity contribution in [2.45, 2.75) is 24.8 Å². The van der Waals surface area contributed by atoms with Gasteiger partial charge in [0, 0.05) is 36.1 Å². The summed E-state index contributed by atoms with van der Waals surface area (Å²) in [6, 6.07) is 5.59. The van der Waals surface area contributed by atoms with Crippen molar-refractivity contribution >= 4 is 0 Å². The van der Waals surface area contributed by atoms with Gasteiger partial charge in [0.05, 0.1) is 11.7 Å². The van der Waals surface area contributed by atoms with Crippen LogP contribution >= 0.6 is 0 Å². The molecule has 0 fully saturated rings. The van der Waals surface area contributed by atoms with Gasteiger partial charge in [-0.05, 0) is 53.8 Å². The average Bonchev–Trinajstić information content (AvgIpc) is 2.98. The van der Waals surface area contributed by atoms with Crippen LogP contribution in [0.5, 0.6) is 0 Å². The maximum absolute atomic E-state index is 14.3. The lowest BCUT2D eigenvalue weighted by Crippen LogP contribution is -2.35. The zero-order valence-corrected chi connectivity index (χ0v) is 13.4. The van der Waals surface area contributed by atoms with Gasteiger partial charge in [-0.1, -0.05) is 0 Å². The molecule has 0 spiro atoms. The fourth-order valence-electron chi connectivity index (χ4n) is 4.14. The predicted octanol–water partition coefficient (Wildman–Crippen LogP) is 3.01. The van der Waals surface area contributed by atoms with E-state index in [1.807, 2.05) is 12.3 Å². The first kappa shape index (κ1) is 14.7. The molecule has 126 valence electrons. The van der Waals surface area contributed by atoms with E-state index in [0.717, 1.165) is 35.9 Å². The van der Waals surface area contributed by atoms with Crippen LogP contribution in [0.25, 0.3) is 0 Å². The predicted molar refractivity (Wildman–Crippen MR) is 88.3 cm³/mol. The summed E-state index contributed by atoms with van der Waals surface area (Å²) in [6.07, 6.45) is 5.50. The minimum Gasteiger partial charge on any atom is -0.364 e. The summed E-state index contributed by atoms with van der Waals surface area (Å²) in [7, 11) is 0. The summed E-state index contributed by atoms with van der Waals surface area (Å²) in [5, 5.41) is 11.9. The Morgan fingerprint density at radius 2 is 1.96 bits per heavy atom. The fraction of sp³-hybridized carbons (Fsp3) is 0.263. The number of benzene rings is 1. The van der Waals surface area contributed by atoms with Crippen molar-refractivity contribution in [3.63, 3.8) is 0 Å². The van der Waals surface area contributed by atoms with E-state index in [2.05, 4.69) is 20.5 Å². The molecule has 2 aromatic heterocycles. The molecule has 5 rings (SSSR count). The SMILES string of the molecule is Fc1ccc(F)c(C2CNC3c4nnccc4CCc4c[nH]c2c43)c1. The van der Waals surface area contributed by atoms with Crippen LogP contribution in [0.3, 0.4) is 0 Å². The topological polar surface area (TPSA) is 53.6 Å². The molecule has 1 aromatic carbocycles. The third kappa shape index (κ3) is 2.21. The molecule has 3 aromatic rings. The lowest BCUT2D eigenvalue weighted by molar-refractivity contribution is 0.493. The van der Waals surface area contributed by atoms with Crippen LogP contribution in [0.2, 0.25) is 0 Å². The highest BCUT2D eigenvalue weighted by molar-refractivity contribution is 5.49. The quantitative estimate of drug-likeness (QED) is 0.717. The number of H-pyrrole nitrogens is 1. The highest BCUT2D eigenvalue weighted by Gasteiger charge is 2.36. The normalized spacial score (nSPS) is 21.4. The second-order valence-corrected chi connectivity index (χ2v) is 6.64. The lowest BCUT2D eigenvalue weighted by Gasteiger charge is -2.31. The molecule has 25 heavy (non-hydrogen) atoms. The maximum atomic E-state index is 14.3. The summed E-state index contributed by atoms with van der Waals surface area (Å²) in [4.78, 5) is 3.32. The van der Waals surface area contributed by atoms with Crippen molar-refractivity contribution in [2.24, 2.45) is 0 Å². The number of aryl methyl sites for hydroxylation is 2. The van der Waals surface area contributed by atoms with Crippen LogP contribution < -0.4 is 5.32 Å². The number of rotatable bonds is 1. The van der Waals surface area contributed by atoms with E-state index < -0.39 is 5.82 Å². The summed E-state index contributed by atoms with van der Waals surface area (Å²) < 4.78 is 28.0. The van der Waals surface area contributed by atoms with Gasteiger partial charge < -0.3 is 10.3 Å². The first-order chi connectivity index (χ1) is 12.2. The third-order valence-electron chi connectivity index (χ3n) is 5.31. The van der Waals surface area contributed by atoms with Crippen molar-refractivity contribution in [1.29, 1.82) is 0 Å². The monoisotopic (exact) mass is 338 g/mol. The molecule has 6 heteroatoms. The number of aromatic amines is 1. The van der Waals surface area contributed by atoms with E-state index in [4.69, 9.17) is 0 Å². The molecule has 1 aliphatic heterocycles. The van der Waals surface area contributed by atoms with E-state index in [1.165, 1.54) is 23.3 Å². The number of fused-ring (bicyclic) bond motifs is 2. The molecule has 0 radical (unpaired) electrons. The molecule has 2 atom stereocenters. The second kappa shape index (κ2) is 5.46. The molecular formula is C19H16F2N4. The summed E-state index contributed by atoms with van der Waals surface area (Å²) >= 11 is 0. The molecule has 2 aliphatic rings. The molecule has 2 N–H and O–H groups in total. The highest BCUT2D eigenvalue weighted by Crippen LogP contribution is 2.41. The Bertz CT molecular complexity index is 966. The van der Waals surface area contributed by atoms with Crippen LogP contribution in [0.15, 0.2) is 36.7 Å². The zero-order valence-electron chi connectivity index (χ0n) is 13.4. The van der Waals surface area contributed by atoms with Crippen molar-refractivity contribution in [1.82, 2.24) is 20.5 Å². The number of nitrogens with one attached hydrogen (secondary N) is 2. The van der Waals surface area contributed by atoms with E-state index in [-0.39, 0.29) is 17.8 Å². The molecule has 0 saturated heterocycles. The Labute approximate surface area is 143 Å². The van der Waals surface area contributed by atoms with Gasteiger partial charge in [-0.2, -0.15) is 10.2 Å². The molecule has 1 aliphatic carbocycles. The molecular weight excluding hydrogens is 322 g/mol. The maximum Gasteiger partial charge on any atom is 0.127 e. The zero-order chi connectivity index (χ0) is 17.0. The Kier molecular flexibility index (Phi) is 3.21. The first-order valence-corrected chi connectivity index (χ1v) is 8.41. The van der Waals surface area contributed by atoms with E-state index in [0.29, 0.717) is 12.1 Å². The van der Waals surface area contributed by atoms with Crippen LogP contribution in [0.4, 0.5) is 8.78 Å². The van der Waals surface area contributed by atoms with Crippen molar-refractivity contribution in [3.8, 4) is 0 Å². The molecule has 2 unspecified atom stereocenters. The molecule has 3 heterocycles. The van der Waals surface area contributed by atoms with Crippen LogP contribution in [-0.4, -0.2) is 21.7 Å². The van der Waals surface area contributed by atoms with E-state index in [1.54, 1.807) is 6.20 Å². The van der Waals surface area contributed by atoms with Gasteiger partial charge in [0.2, 0.25) is 0 Å². The van der Waals surface area contributed by atoms with Gasteiger partial charge in [0.15, 0.2) is 0 Å². The van der Waals surface area contributed by atoms with Gasteiger partial charge in [0.25, 0.3) is 0 Å². The molecule has 0 saturated carbocycles. The lowest BCUT2D eigenvalue weighted by atomic mass is 9.85. The number of halogens is 2. The van der Waals surface area contributed by atoms with Gasteiger partial charge in [0.1, 0.15) is 11.6 Å². The number of hydrogen-bond donors (Lipinski definition) is 2. The van der Waals surface area contributed by atoms with Gasteiger partial charge in [-0.15, -0.1) is 0 Å². The minimum atomic E-state index is -0.424. The molecule has 0 bridgehead atoms.